The van der Waals surface area contributed by atoms with E-state index in [1.54, 1.807) is 6.07 Å². The number of aromatic nitrogens is 2. The zero-order chi connectivity index (χ0) is 35.9. The number of ether oxygens (including phenoxy) is 2. The average molecular weight is 712 g/mol. The summed E-state index contributed by atoms with van der Waals surface area (Å²) < 4.78 is 11.7. The third-order valence-corrected chi connectivity index (χ3v) is 11.5. The summed E-state index contributed by atoms with van der Waals surface area (Å²) in [5.41, 5.74) is 2.75. The molecule has 3 aromatic rings. The molecule has 4 fully saturated rings. The van der Waals surface area contributed by atoms with Gasteiger partial charge in [0.1, 0.15) is 18.0 Å². The van der Waals surface area contributed by atoms with Gasteiger partial charge in [-0.3, -0.25) is 9.80 Å². The van der Waals surface area contributed by atoms with Crippen LogP contribution in [0.4, 0.5) is 16.4 Å². The van der Waals surface area contributed by atoms with Crippen molar-refractivity contribution in [3.05, 3.63) is 88.0 Å². The summed E-state index contributed by atoms with van der Waals surface area (Å²) in [7, 11) is 0. The van der Waals surface area contributed by atoms with E-state index in [0.29, 0.717) is 41.2 Å². The van der Waals surface area contributed by atoms with Gasteiger partial charge in [-0.15, -0.1) is 0 Å². The topological polar surface area (TPSA) is 78.6 Å². The molecule has 0 N–H and O–H groups in total. The maximum absolute atomic E-state index is 12.3. The van der Waals surface area contributed by atoms with Crippen LogP contribution in [0.1, 0.15) is 64.3 Å². The summed E-state index contributed by atoms with van der Waals surface area (Å²) in [5.74, 6) is 2.86. The van der Waals surface area contributed by atoms with Crippen LogP contribution in [0, 0.1) is 18.4 Å². The van der Waals surface area contributed by atoms with Gasteiger partial charge in [0.15, 0.2) is 5.69 Å². The molecule has 0 bridgehead atoms. The van der Waals surface area contributed by atoms with Gasteiger partial charge in [0.2, 0.25) is 5.95 Å². The molecule has 2 unspecified atom stereocenters. The molecule has 2 aromatic carbocycles. The highest BCUT2D eigenvalue weighted by molar-refractivity contribution is 6.31. The van der Waals surface area contributed by atoms with E-state index in [1.165, 1.54) is 12.8 Å². The molecule has 11 heteroatoms. The van der Waals surface area contributed by atoms with Crippen molar-refractivity contribution in [3.8, 4) is 5.75 Å². The predicted octanol–water partition coefficient (Wildman–Crippen LogP) is 7.04. The van der Waals surface area contributed by atoms with E-state index < -0.39 is 5.60 Å². The van der Waals surface area contributed by atoms with Crippen LogP contribution in [-0.2, 0) is 16.8 Å². The second-order valence-corrected chi connectivity index (χ2v) is 16.7. The second-order valence-electron chi connectivity index (χ2n) is 16.3. The number of benzene rings is 2. The highest BCUT2D eigenvalue weighted by atomic mass is 35.5. The van der Waals surface area contributed by atoms with Gasteiger partial charge >= 0.3 is 6.09 Å². The van der Waals surface area contributed by atoms with Gasteiger partial charge in [-0.05, 0) is 86.9 Å². The molecule has 270 valence electrons. The largest absolute Gasteiger partial charge is 0.487 e. The number of piperidine rings is 1. The molecule has 0 saturated carbocycles. The van der Waals surface area contributed by atoms with Crippen LogP contribution in [0.2, 0.25) is 5.02 Å². The Hall–Kier alpha value is -3.91. The molecule has 0 spiro atoms. The first-order chi connectivity index (χ1) is 24.3. The molecule has 5 heterocycles. The molecule has 4 aliphatic heterocycles. The molecule has 51 heavy (non-hydrogen) atoms. The Bertz CT molecular complexity index is 1740. The fourth-order valence-corrected chi connectivity index (χ4v) is 8.41. The summed E-state index contributed by atoms with van der Waals surface area (Å²) in [6, 6.07) is 16.7. The van der Waals surface area contributed by atoms with Crippen LogP contribution in [0.5, 0.6) is 5.75 Å². The van der Waals surface area contributed by atoms with Gasteiger partial charge in [0.25, 0.3) is 0 Å². The quantitative estimate of drug-likeness (QED) is 0.231. The molecule has 7 rings (SSSR count). The number of rotatable bonds is 8. The minimum Gasteiger partial charge on any atom is -0.487 e. The summed E-state index contributed by atoms with van der Waals surface area (Å²) in [5, 5.41) is 0.572. The number of hydrogen-bond acceptors (Lipinski definition) is 8. The van der Waals surface area contributed by atoms with Gasteiger partial charge in [-0.2, -0.15) is 0 Å². The monoisotopic (exact) mass is 711 g/mol. The fourth-order valence-electron chi connectivity index (χ4n) is 8.18. The minimum atomic E-state index is -0.446. The summed E-state index contributed by atoms with van der Waals surface area (Å²) in [6.07, 6.45) is 4.05. The van der Waals surface area contributed by atoms with Crippen LogP contribution in [0.3, 0.4) is 0 Å². The number of hydrogen-bond donors (Lipinski definition) is 0. The lowest BCUT2D eigenvalue weighted by atomic mass is 9.78. The van der Waals surface area contributed by atoms with E-state index >= 15 is 0 Å². The number of carbonyl (C=O) groups is 1. The number of fused-ring (bicyclic) bond motifs is 1. The van der Waals surface area contributed by atoms with Crippen molar-refractivity contribution in [1.82, 2.24) is 24.7 Å². The first-order valence-corrected chi connectivity index (χ1v) is 18.7. The maximum Gasteiger partial charge on any atom is 0.410 e. The van der Waals surface area contributed by atoms with Gasteiger partial charge in [-0.1, -0.05) is 43.6 Å². The van der Waals surface area contributed by atoms with Crippen molar-refractivity contribution in [1.29, 1.82) is 0 Å². The van der Waals surface area contributed by atoms with Crippen LogP contribution in [0.15, 0.2) is 54.7 Å². The van der Waals surface area contributed by atoms with E-state index in [4.69, 9.17) is 32.6 Å². The van der Waals surface area contributed by atoms with E-state index in [-0.39, 0.29) is 11.5 Å². The first kappa shape index (κ1) is 35.5. The van der Waals surface area contributed by atoms with E-state index in [1.807, 2.05) is 62.2 Å². The average Bonchev–Trinajstić information content (AvgIpc) is 3.66. The highest BCUT2D eigenvalue weighted by Gasteiger charge is 2.44. The molecule has 0 aliphatic carbocycles. The number of likely N-dealkylation sites (tertiary alicyclic amines) is 3. The summed E-state index contributed by atoms with van der Waals surface area (Å²) in [4.78, 5) is 35.0. The number of carbonyl (C=O) groups excluding carboxylic acids is 1. The van der Waals surface area contributed by atoms with Crippen LogP contribution in [0.25, 0.3) is 4.85 Å². The predicted molar refractivity (Wildman–Crippen MR) is 200 cm³/mol. The lowest BCUT2D eigenvalue weighted by molar-refractivity contribution is -0.0238. The van der Waals surface area contributed by atoms with Gasteiger partial charge in [0.05, 0.1) is 12.3 Å². The Labute approximate surface area is 307 Å². The lowest BCUT2D eigenvalue weighted by Crippen LogP contribution is -2.63. The molecule has 0 radical (unpaired) electrons. The van der Waals surface area contributed by atoms with Crippen LogP contribution in [-0.4, -0.2) is 101 Å². The van der Waals surface area contributed by atoms with E-state index in [0.717, 1.165) is 80.9 Å². The van der Waals surface area contributed by atoms with Crippen molar-refractivity contribution < 1.29 is 14.3 Å². The standard InChI is InChI=1S/C40H50ClN7O3/c1-39(2,3)51-38(49)48-24-35(25-48)45-15-12-34(13-16-45)46-20-27-22-47(23-28(27)21-46)37-43-14-11-32(44-37)26-50-36-9-7-29(8-10-36)40(4,5)30-17-31(41)19-33(18-30)42-6/h7-11,14,17-19,27-28,34-35H,12-13,15-16,20-26H2,1-5H3. The Kier molecular flexibility index (Phi) is 9.92. The zero-order valence-corrected chi connectivity index (χ0v) is 31.3. The molecule has 2 atom stereocenters. The third-order valence-electron chi connectivity index (χ3n) is 11.2. The SMILES string of the molecule is [C-]#[N+]c1cc(Cl)cc(C(C)(C)c2ccc(OCc3ccnc(N4CC5CN(C6CCN(C7CN(C(=O)OC(C)(C)C)C7)CC6)CC5C4)n3)cc2)c1. The molecule has 4 saturated heterocycles. The first-order valence-electron chi connectivity index (χ1n) is 18.3. The van der Waals surface area contributed by atoms with Gasteiger partial charge < -0.3 is 19.3 Å². The number of anilines is 1. The zero-order valence-electron chi connectivity index (χ0n) is 30.5. The van der Waals surface area contributed by atoms with E-state index in [2.05, 4.69) is 50.5 Å². The van der Waals surface area contributed by atoms with Gasteiger partial charge in [-0.25, -0.2) is 19.6 Å². The molecule has 1 amide bonds. The molecular weight excluding hydrogens is 662 g/mol. The Balaban J connectivity index is 0.862. The summed E-state index contributed by atoms with van der Waals surface area (Å²) in [6.45, 7) is 25.9. The molecule has 1 aromatic heterocycles. The third kappa shape index (κ3) is 7.96. The molecule has 10 nitrogen and oxygen atoms in total. The lowest BCUT2D eigenvalue weighted by Gasteiger charge is -2.48. The molecule has 4 aliphatic rings. The number of amides is 1. The van der Waals surface area contributed by atoms with Crippen LogP contribution < -0.4 is 9.64 Å². The second kappa shape index (κ2) is 14.3. The fraction of sp³-hybridized carbons (Fsp3) is 0.550. The summed E-state index contributed by atoms with van der Waals surface area (Å²) >= 11 is 6.31. The van der Waals surface area contributed by atoms with Crippen LogP contribution >= 0.6 is 11.6 Å². The van der Waals surface area contributed by atoms with Crippen molar-refractivity contribution in [2.45, 2.75) is 77.2 Å². The van der Waals surface area contributed by atoms with Crippen molar-refractivity contribution >= 4 is 29.3 Å². The van der Waals surface area contributed by atoms with Crippen molar-refractivity contribution in [2.75, 3.05) is 57.3 Å². The Morgan fingerprint density at radius 2 is 1.57 bits per heavy atom. The van der Waals surface area contributed by atoms with E-state index in [9.17, 15) is 4.79 Å². The highest BCUT2D eigenvalue weighted by Crippen LogP contribution is 2.38. The molecular formula is C40H50ClN7O3. The maximum atomic E-state index is 12.3. The number of nitrogens with zero attached hydrogens (tertiary/aromatic N) is 7. The van der Waals surface area contributed by atoms with Crippen molar-refractivity contribution in [3.63, 3.8) is 0 Å². The smallest absolute Gasteiger partial charge is 0.410 e. The minimum absolute atomic E-state index is 0.188. The number of halogens is 1. The van der Waals surface area contributed by atoms with Crippen molar-refractivity contribution in [2.24, 2.45) is 11.8 Å². The Morgan fingerprint density at radius 1 is 0.882 bits per heavy atom. The Morgan fingerprint density at radius 3 is 2.22 bits per heavy atom. The van der Waals surface area contributed by atoms with Gasteiger partial charge in [0, 0.05) is 81.1 Å². The normalized spacial score (nSPS) is 22.1.